The molecule has 0 radical (unpaired) electrons. The molecule has 0 saturated heterocycles. The van der Waals surface area contributed by atoms with Gasteiger partial charge in [-0.15, -0.1) is 16.4 Å². The van der Waals surface area contributed by atoms with Crippen molar-refractivity contribution in [1.82, 2.24) is 25.0 Å². The molecule has 4 aromatic rings. The number of rotatable bonds is 5. The average molecular weight is 349 g/mol. The molecule has 25 heavy (non-hydrogen) atoms. The van der Waals surface area contributed by atoms with Gasteiger partial charge >= 0.3 is 0 Å². The van der Waals surface area contributed by atoms with Gasteiger partial charge in [0.05, 0.1) is 30.4 Å². The van der Waals surface area contributed by atoms with Crippen LogP contribution in [0.1, 0.15) is 5.69 Å². The topological polar surface area (TPSA) is 65.7 Å². The lowest BCUT2D eigenvalue weighted by Gasteiger charge is -2.00. The van der Waals surface area contributed by atoms with E-state index in [4.69, 9.17) is 4.74 Å². The van der Waals surface area contributed by atoms with Crippen LogP contribution in [0, 0.1) is 0 Å². The molecule has 3 heterocycles. The number of methoxy groups -OCH3 is 1. The van der Waals surface area contributed by atoms with Crippen molar-refractivity contribution in [2.45, 2.75) is 6.54 Å². The van der Waals surface area contributed by atoms with E-state index < -0.39 is 0 Å². The van der Waals surface area contributed by atoms with Crippen molar-refractivity contribution in [2.75, 3.05) is 7.11 Å². The van der Waals surface area contributed by atoms with Crippen LogP contribution in [0.4, 0.5) is 0 Å². The smallest absolute Gasteiger partial charge is 0.124 e. The second-order valence-corrected chi connectivity index (χ2v) is 6.41. The van der Waals surface area contributed by atoms with Crippen molar-refractivity contribution in [2.24, 2.45) is 0 Å². The van der Waals surface area contributed by atoms with Gasteiger partial charge in [-0.1, -0.05) is 23.4 Å². The zero-order valence-electron chi connectivity index (χ0n) is 13.5. The maximum Gasteiger partial charge on any atom is 0.124 e. The summed E-state index contributed by atoms with van der Waals surface area (Å²) in [4.78, 5) is 9.79. The molecule has 0 aliphatic heterocycles. The maximum absolute atomic E-state index is 5.27. The number of aromatic nitrogens is 5. The number of benzene rings is 1. The average Bonchev–Trinajstić information content (AvgIpc) is 3.32. The molecule has 0 unspecified atom stereocenters. The van der Waals surface area contributed by atoms with Gasteiger partial charge in [-0.3, -0.25) is 4.98 Å². The third kappa shape index (κ3) is 3.41. The molecule has 0 spiro atoms. The van der Waals surface area contributed by atoms with Gasteiger partial charge in [0.2, 0.25) is 0 Å². The molecular formula is C18H15N5OS. The second-order valence-electron chi connectivity index (χ2n) is 5.38. The number of hydrogen-bond acceptors (Lipinski definition) is 6. The highest BCUT2D eigenvalue weighted by atomic mass is 32.1. The van der Waals surface area contributed by atoms with Crippen LogP contribution in [0.5, 0.6) is 5.75 Å². The fourth-order valence-corrected chi connectivity index (χ4v) is 3.29. The van der Waals surface area contributed by atoms with E-state index in [1.54, 1.807) is 29.3 Å². The van der Waals surface area contributed by atoms with E-state index in [0.717, 1.165) is 32.6 Å². The van der Waals surface area contributed by atoms with Crippen molar-refractivity contribution in [3.63, 3.8) is 0 Å². The van der Waals surface area contributed by atoms with Gasteiger partial charge in [-0.2, -0.15) is 0 Å². The van der Waals surface area contributed by atoms with E-state index in [-0.39, 0.29) is 0 Å². The van der Waals surface area contributed by atoms with Crippen molar-refractivity contribution >= 4 is 11.3 Å². The molecule has 0 aliphatic carbocycles. The summed E-state index contributed by atoms with van der Waals surface area (Å²) in [5.74, 6) is 0.815. The van der Waals surface area contributed by atoms with Crippen molar-refractivity contribution in [3.05, 3.63) is 66.7 Å². The molecule has 0 atom stereocenters. The quantitative estimate of drug-likeness (QED) is 0.551. The molecule has 7 heteroatoms. The van der Waals surface area contributed by atoms with Crippen LogP contribution in [0.3, 0.4) is 0 Å². The van der Waals surface area contributed by atoms with Crippen LogP contribution in [0.2, 0.25) is 0 Å². The Kier molecular flexibility index (Phi) is 4.22. The highest BCUT2D eigenvalue weighted by Crippen LogP contribution is 2.32. The molecule has 0 N–H and O–H groups in total. The molecule has 0 aliphatic rings. The van der Waals surface area contributed by atoms with Crippen LogP contribution < -0.4 is 4.74 Å². The zero-order chi connectivity index (χ0) is 17.1. The number of nitrogens with zero attached hydrogens (tertiary/aromatic N) is 5. The van der Waals surface area contributed by atoms with Crippen molar-refractivity contribution in [3.8, 4) is 26.9 Å². The number of hydrogen-bond donors (Lipinski definition) is 0. The monoisotopic (exact) mass is 349 g/mol. The fourth-order valence-electron chi connectivity index (χ4n) is 2.43. The van der Waals surface area contributed by atoms with Crippen LogP contribution in [-0.2, 0) is 6.54 Å². The Labute approximate surface area is 148 Å². The summed E-state index contributed by atoms with van der Waals surface area (Å²) in [5, 5.41) is 9.36. The van der Waals surface area contributed by atoms with E-state index in [2.05, 4.69) is 20.3 Å². The first-order valence-electron chi connectivity index (χ1n) is 7.72. The third-order valence-corrected chi connectivity index (χ3v) is 4.73. The molecule has 0 amide bonds. The third-order valence-electron chi connectivity index (χ3n) is 3.66. The zero-order valence-corrected chi connectivity index (χ0v) is 14.3. The summed E-state index contributed by atoms with van der Waals surface area (Å²) in [5.41, 5.74) is 2.78. The van der Waals surface area contributed by atoms with E-state index in [1.165, 1.54) is 0 Å². The van der Waals surface area contributed by atoms with E-state index in [1.807, 2.05) is 54.9 Å². The van der Waals surface area contributed by atoms with Crippen LogP contribution in [-0.4, -0.2) is 32.1 Å². The minimum absolute atomic E-state index is 0.593. The summed E-state index contributed by atoms with van der Waals surface area (Å²) in [7, 11) is 1.66. The molecule has 4 rings (SSSR count). The van der Waals surface area contributed by atoms with Gasteiger partial charge in [0, 0.05) is 18.0 Å². The fraction of sp³-hybridized carbons (Fsp3) is 0.111. The molecule has 124 valence electrons. The van der Waals surface area contributed by atoms with Crippen LogP contribution in [0.15, 0.2) is 61.1 Å². The largest absolute Gasteiger partial charge is 0.497 e. The Morgan fingerprint density at radius 1 is 1.12 bits per heavy atom. The normalized spacial score (nSPS) is 10.8. The molecule has 6 nitrogen and oxygen atoms in total. The highest BCUT2D eigenvalue weighted by molar-refractivity contribution is 7.18. The summed E-state index contributed by atoms with van der Waals surface area (Å²) < 4.78 is 7.05. The minimum atomic E-state index is 0.593. The van der Waals surface area contributed by atoms with Crippen molar-refractivity contribution in [1.29, 1.82) is 0 Å². The van der Waals surface area contributed by atoms with Gasteiger partial charge < -0.3 is 4.74 Å². The first kappa shape index (κ1) is 15.5. The first-order chi connectivity index (χ1) is 12.3. The Hall–Kier alpha value is -3.06. The Balaban J connectivity index is 1.56. The van der Waals surface area contributed by atoms with E-state index in [0.29, 0.717) is 6.54 Å². The molecule has 0 saturated carbocycles. The van der Waals surface area contributed by atoms with Crippen molar-refractivity contribution < 1.29 is 4.74 Å². The lowest BCUT2D eigenvalue weighted by atomic mass is 10.2. The summed E-state index contributed by atoms with van der Waals surface area (Å²) in [6.45, 7) is 0.593. The molecular weight excluding hydrogens is 334 g/mol. The summed E-state index contributed by atoms with van der Waals surface area (Å²) >= 11 is 1.58. The number of thiazole rings is 1. The molecule has 0 bridgehead atoms. The Morgan fingerprint density at radius 2 is 2.08 bits per heavy atom. The van der Waals surface area contributed by atoms with Gasteiger partial charge in [-0.25, -0.2) is 9.67 Å². The van der Waals surface area contributed by atoms with Crippen LogP contribution >= 0.6 is 11.3 Å². The number of pyridine rings is 1. The van der Waals surface area contributed by atoms with Gasteiger partial charge in [0.15, 0.2) is 0 Å². The summed E-state index contributed by atoms with van der Waals surface area (Å²) in [6.07, 6.45) is 5.52. The second kappa shape index (κ2) is 6.82. The molecule has 0 fully saturated rings. The molecule has 3 aromatic heterocycles. The van der Waals surface area contributed by atoms with E-state index in [9.17, 15) is 0 Å². The van der Waals surface area contributed by atoms with Crippen LogP contribution in [0.25, 0.3) is 21.1 Å². The standard InChI is InChI=1S/C18H15N5OS/c1-24-15-7-4-5-13(9-15)18-20-10-17(25-18)16-12-23(22-21-16)11-14-6-2-3-8-19-14/h2-10,12H,11H2,1H3. The van der Waals surface area contributed by atoms with E-state index >= 15 is 0 Å². The van der Waals surface area contributed by atoms with Gasteiger partial charge in [0.25, 0.3) is 0 Å². The predicted molar refractivity (Wildman–Crippen MR) is 96.5 cm³/mol. The lowest BCUT2D eigenvalue weighted by Crippen LogP contribution is -2.01. The molecule has 1 aromatic carbocycles. The SMILES string of the molecule is COc1cccc(-c2ncc(-c3cn(Cc4ccccn4)nn3)s2)c1. The highest BCUT2D eigenvalue weighted by Gasteiger charge is 2.11. The minimum Gasteiger partial charge on any atom is -0.497 e. The summed E-state index contributed by atoms with van der Waals surface area (Å²) in [6, 6.07) is 13.7. The van der Waals surface area contributed by atoms with Gasteiger partial charge in [0.1, 0.15) is 16.5 Å². The maximum atomic E-state index is 5.27. The number of ether oxygens (including phenoxy) is 1. The predicted octanol–water partition coefficient (Wildman–Crippen LogP) is 3.52. The Morgan fingerprint density at radius 3 is 2.92 bits per heavy atom. The van der Waals surface area contributed by atoms with Gasteiger partial charge in [-0.05, 0) is 24.3 Å². The Bertz CT molecular complexity index is 980. The first-order valence-corrected chi connectivity index (χ1v) is 8.54. The lowest BCUT2D eigenvalue weighted by molar-refractivity contribution is 0.415.